The molecule has 2 rings (SSSR count). The van der Waals surface area contributed by atoms with Crippen molar-refractivity contribution in [2.45, 2.75) is 19.4 Å². The minimum Gasteiger partial charge on any atom is -0.460 e. The first kappa shape index (κ1) is 14.9. The molecule has 1 aromatic carbocycles. The predicted octanol–water partition coefficient (Wildman–Crippen LogP) is 0.355. The van der Waals surface area contributed by atoms with Crippen LogP contribution in [0.25, 0.3) is 11.0 Å². The third-order valence-corrected chi connectivity index (χ3v) is 2.56. The van der Waals surface area contributed by atoms with Gasteiger partial charge in [0.2, 0.25) is 0 Å². The minimum absolute atomic E-state index is 0.0936. The highest BCUT2D eigenvalue weighted by molar-refractivity contribution is 5.76. The van der Waals surface area contributed by atoms with E-state index in [9.17, 15) is 9.59 Å². The van der Waals surface area contributed by atoms with Crippen LogP contribution in [-0.4, -0.2) is 46.9 Å². The van der Waals surface area contributed by atoms with Gasteiger partial charge < -0.3 is 14.3 Å². The number of ether oxygens (including phenoxy) is 2. The second kappa shape index (κ2) is 6.80. The van der Waals surface area contributed by atoms with Gasteiger partial charge in [-0.05, 0) is 24.3 Å². The van der Waals surface area contributed by atoms with Crippen molar-refractivity contribution >= 4 is 23.0 Å². The van der Waals surface area contributed by atoms with Gasteiger partial charge in [0, 0.05) is 7.11 Å². The second-order valence-corrected chi connectivity index (χ2v) is 4.35. The van der Waals surface area contributed by atoms with E-state index in [4.69, 9.17) is 9.57 Å². The Morgan fingerprint density at radius 3 is 2.81 bits per heavy atom. The predicted molar refractivity (Wildman–Crippen MR) is 71.2 cm³/mol. The molecule has 0 N–H and O–H groups in total. The Morgan fingerprint density at radius 2 is 2.05 bits per heavy atom. The zero-order valence-electron chi connectivity index (χ0n) is 11.7. The first-order valence-corrected chi connectivity index (χ1v) is 6.30. The third-order valence-electron chi connectivity index (χ3n) is 2.56. The highest BCUT2D eigenvalue weighted by Crippen LogP contribution is 2.08. The van der Waals surface area contributed by atoms with Crippen LogP contribution in [0.2, 0.25) is 0 Å². The van der Waals surface area contributed by atoms with Gasteiger partial charge in [-0.1, -0.05) is 17.0 Å². The van der Waals surface area contributed by atoms with Crippen LogP contribution < -0.4 is 4.84 Å². The SMILES string of the molecule is COCC(=O)OC(C)CC(=O)On1nnc2ccccc21. The van der Waals surface area contributed by atoms with E-state index in [1.165, 1.54) is 7.11 Å². The molecule has 2 aromatic rings. The van der Waals surface area contributed by atoms with E-state index in [1.807, 2.05) is 0 Å². The molecule has 21 heavy (non-hydrogen) atoms. The number of nitrogens with zero attached hydrogens (tertiary/aromatic N) is 3. The number of hydrogen-bond donors (Lipinski definition) is 0. The average Bonchev–Trinajstić information content (AvgIpc) is 2.82. The van der Waals surface area contributed by atoms with Crippen molar-refractivity contribution in [1.82, 2.24) is 15.2 Å². The molecule has 1 heterocycles. The van der Waals surface area contributed by atoms with Crippen LogP contribution in [0.1, 0.15) is 13.3 Å². The molecule has 0 aliphatic heterocycles. The summed E-state index contributed by atoms with van der Waals surface area (Å²) >= 11 is 0. The van der Waals surface area contributed by atoms with E-state index in [0.29, 0.717) is 11.0 Å². The zero-order chi connectivity index (χ0) is 15.2. The summed E-state index contributed by atoms with van der Waals surface area (Å²) in [6.45, 7) is 1.43. The van der Waals surface area contributed by atoms with E-state index in [0.717, 1.165) is 4.85 Å². The molecule has 0 radical (unpaired) electrons. The number of fused-ring (bicyclic) bond motifs is 1. The fourth-order valence-electron chi connectivity index (χ4n) is 1.70. The maximum Gasteiger partial charge on any atom is 0.338 e. The summed E-state index contributed by atoms with van der Waals surface area (Å²) in [6, 6.07) is 7.07. The molecule has 0 fully saturated rings. The van der Waals surface area contributed by atoms with Crippen LogP contribution in [0.3, 0.4) is 0 Å². The summed E-state index contributed by atoms with van der Waals surface area (Å²) in [4.78, 5) is 29.1. The normalized spacial score (nSPS) is 12.1. The first-order chi connectivity index (χ1) is 10.1. The minimum atomic E-state index is -0.616. The van der Waals surface area contributed by atoms with Gasteiger partial charge >= 0.3 is 11.9 Å². The second-order valence-electron chi connectivity index (χ2n) is 4.35. The number of esters is 1. The number of aromatic nitrogens is 3. The third kappa shape index (κ3) is 3.99. The smallest absolute Gasteiger partial charge is 0.338 e. The molecule has 0 saturated heterocycles. The van der Waals surface area contributed by atoms with Crippen molar-refractivity contribution in [3.63, 3.8) is 0 Å². The molecule has 1 aromatic heterocycles. The highest BCUT2D eigenvalue weighted by Gasteiger charge is 2.17. The van der Waals surface area contributed by atoms with E-state index >= 15 is 0 Å². The molecule has 8 nitrogen and oxygen atoms in total. The van der Waals surface area contributed by atoms with Crippen molar-refractivity contribution in [2.24, 2.45) is 0 Å². The van der Waals surface area contributed by atoms with Crippen molar-refractivity contribution in [1.29, 1.82) is 0 Å². The monoisotopic (exact) mass is 293 g/mol. The van der Waals surface area contributed by atoms with Crippen LogP contribution in [-0.2, 0) is 19.1 Å². The molecular weight excluding hydrogens is 278 g/mol. The molecular formula is C13H15N3O5. The lowest BCUT2D eigenvalue weighted by Crippen LogP contribution is -2.27. The van der Waals surface area contributed by atoms with Gasteiger partial charge in [0.05, 0.1) is 6.42 Å². The van der Waals surface area contributed by atoms with Gasteiger partial charge in [-0.3, -0.25) is 0 Å². The van der Waals surface area contributed by atoms with Crippen LogP contribution >= 0.6 is 0 Å². The fraction of sp³-hybridized carbons (Fsp3) is 0.385. The maximum atomic E-state index is 11.8. The standard InChI is InChI=1S/C13H15N3O5/c1-9(20-13(18)8-19-2)7-12(17)21-16-11-6-4-3-5-10(11)14-15-16/h3-6,9H,7-8H2,1-2H3. The van der Waals surface area contributed by atoms with Gasteiger partial charge in [-0.15, -0.1) is 5.10 Å². The lowest BCUT2D eigenvalue weighted by atomic mass is 10.3. The number of carbonyl (C=O) groups is 2. The number of methoxy groups -OCH3 is 1. The molecule has 0 aliphatic carbocycles. The quantitative estimate of drug-likeness (QED) is 0.560. The van der Waals surface area contributed by atoms with Crippen LogP contribution in [0.4, 0.5) is 0 Å². The summed E-state index contributed by atoms with van der Waals surface area (Å²) in [7, 11) is 1.38. The van der Waals surface area contributed by atoms with Gasteiger partial charge in [-0.25, -0.2) is 9.59 Å². The van der Waals surface area contributed by atoms with E-state index < -0.39 is 18.0 Å². The van der Waals surface area contributed by atoms with Gasteiger partial charge in [0.25, 0.3) is 0 Å². The van der Waals surface area contributed by atoms with Crippen molar-refractivity contribution in [3.8, 4) is 0 Å². The van der Waals surface area contributed by atoms with E-state index in [-0.39, 0.29) is 13.0 Å². The Bertz CT molecular complexity index is 640. The number of benzene rings is 1. The van der Waals surface area contributed by atoms with Crippen molar-refractivity contribution in [3.05, 3.63) is 24.3 Å². The number of para-hydroxylation sites is 1. The van der Waals surface area contributed by atoms with Crippen LogP contribution in [0.5, 0.6) is 0 Å². The molecule has 0 spiro atoms. The molecule has 1 atom stereocenters. The lowest BCUT2D eigenvalue weighted by molar-refractivity contribution is -0.157. The number of rotatable bonds is 6. The maximum absolute atomic E-state index is 11.8. The lowest BCUT2D eigenvalue weighted by Gasteiger charge is -2.11. The summed E-state index contributed by atoms with van der Waals surface area (Å²) in [5.74, 6) is -1.12. The highest BCUT2D eigenvalue weighted by atomic mass is 16.7. The first-order valence-electron chi connectivity index (χ1n) is 6.30. The molecule has 0 aliphatic rings. The number of carbonyl (C=O) groups excluding carboxylic acids is 2. The molecule has 8 heteroatoms. The molecule has 112 valence electrons. The molecule has 0 bridgehead atoms. The van der Waals surface area contributed by atoms with Crippen molar-refractivity contribution < 1.29 is 23.9 Å². The molecule has 1 unspecified atom stereocenters. The molecule has 0 amide bonds. The Morgan fingerprint density at radius 1 is 1.29 bits per heavy atom. The number of hydrogen-bond acceptors (Lipinski definition) is 7. The fourth-order valence-corrected chi connectivity index (χ4v) is 1.70. The van der Waals surface area contributed by atoms with Gasteiger partial charge in [0.1, 0.15) is 23.7 Å². The Kier molecular flexibility index (Phi) is 4.83. The Hall–Kier alpha value is -2.48. The zero-order valence-corrected chi connectivity index (χ0v) is 11.7. The Labute approximate surface area is 120 Å². The van der Waals surface area contributed by atoms with Crippen LogP contribution in [0, 0.1) is 0 Å². The average molecular weight is 293 g/mol. The van der Waals surface area contributed by atoms with E-state index in [2.05, 4.69) is 15.0 Å². The van der Waals surface area contributed by atoms with Gasteiger partial charge in [0.15, 0.2) is 0 Å². The van der Waals surface area contributed by atoms with Crippen LogP contribution in [0.15, 0.2) is 24.3 Å². The molecule has 0 saturated carbocycles. The van der Waals surface area contributed by atoms with E-state index in [1.54, 1.807) is 31.2 Å². The van der Waals surface area contributed by atoms with Crippen molar-refractivity contribution in [2.75, 3.05) is 13.7 Å². The summed E-state index contributed by atoms with van der Waals surface area (Å²) in [5.41, 5.74) is 1.19. The summed E-state index contributed by atoms with van der Waals surface area (Å²) < 4.78 is 9.59. The van der Waals surface area contributed by atoms with Gasteiger partial charge in [-0.2, -0.15) is 0 Å². The largest absolute Gasteiger partial charge is 0.460 e. The summed E-state index contributed by atoms with van der Waals surface area (Å²) in [5, 5.41) is 7.59. The Balaban J connectivity index is 1.91. The topological polar surface area (TPSA) is 92.5 Å². The summed E-state index contributed by atoms with van der Waals surface area (Å²) in [6.07, 6.45) is -0.709.